The van der Waals surface area contributed by atoms with Crippen LogP contribution in [0.2, 0.25) is 0 Å². The van der Waals surface area contributed by atoms with Gasteiger partial charge < -0.3 is 10.2 Å². The number of hydrogen-bond acceptors (Lipinski definition) is 5. The molecule has 9 heteroatoms. The number of nitrogens with one attached hydrogen (secondary N) is 1. The van der Waals surface area contributed by atoms with Crippen molar-refractivity contribution < 1.29 is 18.0 Å². The Morgan fingerprint density at radius 2 is 1.90 bits per heavy atom. The highest BCUT2D eigenvalue weighted by Gasteiger charge is 2.46. The number of halogens is 3. The zero-order valence-electron chi connectivity index (χ0n) is 17.0. The summed E-state index contributed by atoms with van der Waals surface area (Å²) in [5, 5.41) is 12.1. The summed E-state index contributed by atoms with van der Waals surface area (Å²) < 4.78 is 44.2. The first-order valence-corrected chi connectivity index (χ1v) is 10.4. The van der Waals surface area contributed by atoms with Gasteiger partial charge in [0.2, 0.25) is 0 Å². The second-order valence-corrected chi connectivity index (χ2v) is 8.09. The number of anilines is 2. The fourth-order valence-electron chi connectivity index (χ4n) is 4.54. The number of aryl methyl sites for hydroxylation is 1. The summed E-state index contributed by atoms with van der Waals surface area (Å²) in [6.45, 7) is 2.23. The van der Waals surface area contributed by atoms with Crippen molar-refractivity contribution in [3.8, 4) is 0 Å². The molecule has 0 radical (unpaired) electrons. The number of nitrogens with zero attached hydrogens (tertiary/aromatic N) is 4. The summed E-state index contributed by atoms with van der Waals surface area (Å²) in [6.07, 6.45) is 0.818. The molecule has 0 bridgehead atoms. The van der Waals surface area contributed by atoms with Crippen molar-refractivity contribution in [2.75, 3.05) is 5.32 Å². The number of oxime groups is 1. The van der Waals surface area contributed by atoms with E-state index in [2.05, 4.69) is 20.6 Å². The maximum Gasteiger partial charge on any atom is 0.434 e. The van der Waals surface area contributed by atoms with E-state index in [0.717, 1.165) is 25.7 Å². The van der Waals surface area contributed by atoms with E-state index in [4.69, 9.17) is 4.84 Å². The van der Waals surface area contributed by atoms with Gasteiger partial charge in [-0.05, 0) is 44.7 Å². The van der Waals surface area contributed by atoms with Crippen molar-refractivity contribution >= 4 is 28.1 Å². The standard InChI is InChI=1S/C22H22F3N5O/c1-2-30-20-15(13-26-30)18(27-14-8-4-3-5-9-14)17(19(28-20)22(23,24)25)16-12-21(31-29-16)10-6-7-11-21/h3-5,8-9,13H,2,6-7,10-12H2,1H3,(H,27,28). The van der Waals surface area contributed by atoms with Gasteiger partial charge in [0.25, 0.3) is 0 Å². The van der Waals surface area contributed by atoms with Crippen LogP contribution >= 0.6 is 0 Å². The van der Waals surface area contributed by atoms with Gasteiger partial charge in [-0.15, -0.1) is 0 Å². The number of aromatic nitrogens is 3. The summed E-state index contributed by atoms with van der Waals surface area (Å²) in [5.41, 5.74) is -0.0674. The van der Waals surface area contributed by atoms with E-state index >= 15 is 0 Å². The maximum atomic E-state index is 14.2. The van der Waals surface area contributed by atoms with Crippen LogP contribution < -0.4 is 5.32 Å². The lowest BCUT2D eigenvalue weighted by Crippen LogP contribution is -2.26. The fraction of sp³-hybridized carbons (Fsp3) is 0.409. The van der Waals surface area contributed by atoms with E-state index in [9.17, 15) is 13.2 Å². The van der Waals surface area contributed by atoms with Crippen LogP contribution in [0.1, 0.15) is 50.3 Å². The van der Waals surface area contributed by atoms with Gasteiger partial charge in [0.1, 0.15) is 5.60 Å². The summed E-state index contributed by atoms with van der Waals surface area (Å²) in [7, 11) is 0. The smallest absolute Gasteiger partial charge is 0.389 e. The Kier molecular flexibility index (Phi) is 4.64. The van der Waals surface area contributed by atoms with E-state index in [1.54, 1.807) is 18.3 Å². The molecule has 2 aromatic heterocycles. The van der Waals surface area contributed by atoms with Gasteiger partial charge in [-0.25, -0.2) is 9.67 Å². The molecule has 1 saturated carbocycles. The van der Waals surface area contributed by atoms with Crippen LogP contribution in [0.15, 0.2) is 41.7 Å². The minimum atomic E-state index is -4.66. The average molecular weight is 429 g/mol. The lowest BCUT2D eigenvalue weighted by atomic mass is 9.91. The molecule has 1 aromatic carbocycles. The topological polar surface area (TPSA) is 64.3 Å². The van der Waals surface area contributed by atoms with E-state index in [0.29, 0.717) is 29.7 Å². The molecular weight excluding hydrogens is 407 g/mol. The van der Waals surface area contributed by atoms with Gasteiger partial charge >= 0.3 is 6.18 Å². The summed E-state index contributed by atoms with van der Waals surface area (Å²) in [6, 6.07) is 9.11. The number of hydrogen-bond donors (Lipinski definition) is 1. The second-order valence-electron chi connectivity index (χ2n) is 8.09. The predicted molar refractivity (Wildman–Crippen MR) is 111 cm³/mol. The molecule has 0 amide bonds. The van der Waals surface area contributed by atoms with Gasteiger partial charge in [0, 0.05) is 18.7 Å². The predicted octanol–water partition coefficient (Wildman–Crippen LogP) is 5.65. The maximum absolute atomic E-state index is 14.2. The fourth-order valence-corrected chi connectivity index (χ4v) is 4.54. The van der Waals surface area contributed by atoms with Crippen molar-refractivity contribution in [2.45, 2.75) is 57.3 Å². The third-order valence-corrected chi connectivity index (χ3v) is 6.04. The highest BCUT2D eigenvalue weighted by Crippen LogP contribution is 2.45. The highest BCUT2D eigenvalue weighted by molar-refractivity contribution is 6.12. The Morgan fingerprint density at radius 3 is 2.58 bits per heavy atom. The molecule has 3 heterocycles. The minimum absolute atomic E-state index is 0.0525. The molecule has 162 valence electrons. The Balaban J connectivity index is 1.74. The molecule has 0 saturated heterocycles. The number of pyridine rings is 1. The first-order valence-electron chi connectivity index (χ1n) is 10.4. The zero-order chi connectivity index (χ0) is 21.6. The van der Waals surface area contributed by atoms with Crippen molar-refractivity contribution in [3.05, 3.63) is 47.8 Å². The Labute approximate surface area is 177 Å². The number of benzene rings is 1. The second kappa shape index (κ2) is 7.25. The van der Waals surface area contributed by atoms with Crippen LogP contribution in [-0.2, 0) is 17.6 Å². The molecule has 1 aliphatic heterocycles. The lowest BCUT2D eigenvalue weighted by Gasteiger charge is -2.21. The van der Waals surface area contributed by atoms with E-state index < -0.39 is 17.5 Å². The first-order chi connectivity index (χ1) is 14.9. The third kappa shape index (κ3) is 3.41. The molecule has 1 spiro atoms. The molecular formula is C22H22F3N5O. The van der Waals surface area contributed by atoms with Crippen molar-refractivity contribution in [1.29, 1.82) is 0 Å². The summed E-state index contributed by atoms with van der Waals surface area (Å²) >= 11 is 0. The van der Waals surface area contributed by atoms with Crippen molar-refractivity contribution in [1.82, 2.24) is 14.8 Å². The van der Waals surface area contributed by atoms with E-state index in [1.807, 2.05) is 25.1 Å². The summed E-state index contributed by atoms with van der Waals surface area (Å²) in [4.78, 5) is 9.76. The molecule has 1 aliphatic carbocycles. The van der Waals surface area contributed by atoms with Gasteiger partial charge in [-0.1, -0.05) is 23.4 Å². The quantitative estimate of drug-likeness (QED) is 0.582. The normalized spacial score (nSPS) is 17.9. The van der Waals surface area contributed by atoms with Crippen LogP contribution in [0.25, 0.3) is 11.0 Å². The van der Waals surface area contributed by atoms with E-state index in [-0.39, 0.29) is 16.9 Å². The van der Waals surface area contributed by atoms with Crippen LogP contribution in [0.3, 0.4) is 0 Å². The monoisotopic (exact) mass is 429 g/mol. The molecule has 31 heavy (non-hydrogen) atoms. The highest BCUT2D eigenvalue weighted by atomic mass is 19.4. The number of alkyl halides is 3. The Morgan fingerprint density at radius 1 is 1.16 bits per heavy atom. The van der Waals surface area contributed by atoms with Gasteiger partial charge in [-0.2, -0.15) is 18.3 Å². The van der Waals surface area contributed by atoms with Gasteiger partial charge in [-0.3, -0.25) is 0 Å². The molecule has 5 rings (SSSR count). The van der Waals surface area contributed by atoms with Crippen LogP contribution in [0.5, 0.6) is 0 Å². The Hall–Kier alpha value is -3.10. The molecule has 6 nitrogen and oxygen atoms in total. The zero-order valence-corrected chi connectivity index (χ0v) is 17.0. The lowest BCUT2D eigenvalue weighted by molar-refractivity contribution is -0.141. The minimum Gasteiger partial charge on any atom is -0.389 e. The van der Waals surface area contributed by atoms with Crippen LogP contribution in [0, 0.1) is 0 Å². The van der Waals surface area contributed by atoms with Gasteiger partial charge in [0.15, 0.2) is 11.3 Å². The van der Waals surface area contributed by atoms with Crippen LogP contribution in [-0.4, -0.2) is 26.1 Å². The van der Waals surface area contributed by atoms with Crippen molar-refractivity contribution in [2.24, 2.45) is 5.16 Å². The summed E-state index contributed by atoms with van der Waals surface area (Å²) in [5.74, 6) is 0. The number of rotatable bonds is 4. The first kappa shape index (κ1) is 19.8. The average Bonchev–Trinajstić information content (AvgIpc) is 3.48. The third-order valence-electron chi connectivity index (χ3n) is 6.04. The molecule has 1 fully saturated rings. The van der Waals surface area contributed by atoms with Gasteiger partial charge in [0.05, 0.1) is 28.5 Å². The number of para-hydroxylation sites is 1. The molecule has 1 N–H and O–H groups in total. The van der Waals surface area contributed by atoms with Crippen LogP contribution in [0.4, 0.5) is 24.5 Å². The SMILES string of the molecule is CCn1ncc2c(Nc3ccccc3)c(C3=NOC4(CCCC4)C3)c(C(F)(F)F)nc21. The molecule has 0 atom stereocenters. The molecule has 3 aromatic rings. The molecule has 0 unspecified atom stereocenters. The Bertz CT molecular complexity index is 1150. The van der Waals surface area contributed by atoms with E-state index in [1.165, 1.54) is 4.68 Å². The largest absolute Gasteiger partial charge is 0.434 e. The number of fused-ring (bicyclic) bond motifs is 1. The molecule has 2 aliphatic rings. The van der Waals surface area contributed by atoms with Crippen molar-refractivity contribution in [3.63, 3.8) is 0 Å².